The number of nitrogens with one attached hydrogen (secondary N) is 2. The van der Waals surface area contributed by atoms with Crippen molar-refractivity contribution in [2.75, 3.05) is 10.6 Å². The molecule has 9 heteroatoms. The van der Waals surface area contributed by atoms with Crippen LogP contribution < -0.4 is 10.6 Å². The van der Waals surface area contributed by atoms with E-state index in [-0.39, 0.29) is 5.91 Å². The summed E-state index contributed by atoms with van der Waals surface area (Å²) in [5.41, 5.74) is 3.60. The predicted molar refractivity (Wildman–Crippen MR) is 109 cm³/mol. The highest BCUT2D eigenvalue weighted by Gasteiger charge is 2.34. The maximum atomic E-state index is 13.2. The summed E-state index contributed by atoms with van der Waals surface area (Å²) >= 11 is 12.3. The van der Waals surface area contributed by atoms with E-state index in [0.717, 1.165) is 16.8 Å². The van der Waals surface area contributed by atoms with Gasteiger partial charge in [0, 0.05) is 11.4 Å². The number of anilines is 2. The van der Waals surface area contributed by atoms with Gasteiger partial charge in [0.25, 0.3) is 5.91 Å². The normalized spacial score (nSPS) is 15.8. The monoisotopic (exact) mass is 414 g/mol. The number of para-hydroxylation sites is 1. The van der Waals surface area contributed by atoms with Gasteiger partial charge >= 0.3 is 0 Å². The SMILES string of the molecule is CC1=C(C(=O)Nc2ccccc2C)[C@H](c2ccc(Cl)c(Cl)c2)n2nnnc2N1. The molecule has 1 aromatic heterocycles. The summed E-state index contributed by atoms with van der Waals surface area (Å²) in [6.07, 6.45) is 0. The van der Waals surface area contributed by atoms with E-state index in [1.165, 1.54) is 0 Å². The van der Waals surface area contributed by atoms with Crippen LogP contribution in [0.5, 0.6) is 0 Å². The average Bonchev–Trinajstić information content (AvgIpc) is 3.12. The van der Waals surface area contributed by atoms with E-state index in [9.17, 15) is 4.79 Å². The summed E-state index contributed by atoms with van der Waals surface area (Å²) < 4.78 is 1.55. The lowest BCUT2D eigenvalue weighted by Gasteiger charge is -2.28. The summed E-state index contributed by atoms with van der Waals surface area (Å²) in [6, 6.07) is 12.3. The number of amides is 1. The molecule has 0 saturated carbocycles. The van der Waals surface area contributed by atoms with E-state index in [1.54, 1.807) is 16.8 Å². The number of carbonyl (C=O) groups is 1. The molecule has 2 aromatic carbocycles. The third-order valence-electron chi connectivity index (χ3n) is 4.61. The third kappa shape index (κ3) is 3.23. The van der Waals surface area contributed by atoms with Crippen molar-refractivity contribution in [1.82, 2.24) is 20.2 Å². The maximum absolute atomic E-state index is 13.2. The number of halogens is 2. The number of carbonyl (C=O) groups excluding carboxylic acids is 1. The second-order valence-corrected chi connectivity index (χ2v) is 7.27. The Kier molecular flexibility index (Phi) is 4.78. The molecule has 1 aliphatic heterocycles. The van der Waals surface area contributed by atoms with Gasteiger partial charge in [-0.15, -0.1) is 0 Å². The van der Waals surface area contributed by atoms with Gasteiger partial charge < -0.3 is 10.6 Å². The van der Waals surface area contributed by atoms with Gasteiger partial charge in [0.2, 0.25) is 5.95 Å². The summed E-state index contributed by atoms with van der Waals surface area (Å²) in [7, 11) is 0. The van der Waals surface area contributed by atoms with Crippen molar-refractivity contribution in [3.63, 3.8) is 0 Å². The average molecular weight is 415 g/mol. The molecule has 0 unspecified atom stereocenters. The molecule has 7 nitrogen and oxygen atoms in total. The number of rotatable bonds is 3. The highest BCUT2D eigenvalue weighted by Crippen LogP contribution is 2.37. The van der Waals surface area contributed by atoms with Crippen molar-refractivity contribution in [2.24, 2.45) is 0 Å². The van der Waals surface area contributed by atoms with Crippen molar-refractivity contribution in [3.8, 4) is 0 Å². The molecular weight excluding hydrogens is 399 g/mol. The second kappa shape index (κ2) is 7.26. The Morgan fingerprint density at radius 2 is 1.93 bits per heavy atom. The molecule has 142 valence electrons. The van der Waals surface area contributed by atoms with Crippen molar-refractivity contribution in [3.05, 3.63) is 74.9 Å². The summed E-state index contributed by atoms with van der Waals surface area (Å²) in [6.45, 7) is 3.75. The minimum Gasteiger partial charge on any atom is -0.326 e. The molecule has 1 atom stereocenters. The van der Waals surface area contributed by atoms with Crippen molar-refractivity contribution >= 4 is 40.7 Å². The lowest BCUT2D eigenvalue weighted by Crippen LogP contribution is -2.31. The van der Waals surface area contributed by atoms with Crippen LogP contribution in [-0.4, -0.2) is 26.1 Å². The van der Waals surface area contributed by atoms with Crippen molar-refractivity contribution in [2.45, 2.75) is 19.9 Å². The Morgan fingerprint density at radius 3 is 2.68 bits per heavy atom. The number of aryl methyl sites for hydroxylation is 1. The predicted octanol–water partition coefficient (Wildman–Crippen LogP) is 4.22. The standard InChI is InChI=1S/C19H16Cl2N6O/c1-10-5-3-4-6-15(10)23-18(28)16-11(2)22-19-24-25-26-27(19)17(16)12-7-8-13(20)14(21)9-12/h3-9,17H,1-2H3,(H,23,28)(H,22,24,26)/t17-/m0/s1. The topological polar surface area (TPSA) is 84.7 Å². The van der Waals surface area contributed by atoms with Crippen LogP contribution in [0.2, 0.25) is 10.0 Å². The van der Waals surface area contributed by atoms with Gasteiger partial charge in [0.05, 0.1) is 15.6 Å². The lowest BCUT2D eigenvalue weighted by molar-refractivity contribution is -0.113. The second-order valence-electron chi connectivity index (χ2n) is 6.46. The summed E-state index contributed by atoms with van der Waals surface area (Å²) in [4.78, 5) is 13.2. The van der Waals surface area contributed by atoms with E-state index < -0.39 is 6.04 Å². The smallest absolute Gasteiger partial charge is 0.255 e. The molecule has 0 aliphatic carbocycles. The molecule has 3 aromatic rings. The van der Waals surface area contributed by atoms with Gasteiger partial charge in [-0.1, -0.05) is 52.6 Å². The largest absolute Gasteiger partial charge is 0.326 e. The van der Waals surface area contributed by atoms with Crippen molar-refractivity contribution < 1.29 is 4.79 Å². The molecule has 1 aliphatic rings. The van der Waals surface area contributed by atoms with Gasteiger partial charge in [-0.05, 0) is 53.6 Å². The van der Waals surface area contributed by atoms with Gasteiger partial charge in [-0.25, -0.2) is 0 Å². The Morgan fingerprint density at radius 1 is 1.14 bits per heavy atom. The first-order chi connectivity index (χ1) is 13.5. The van der Waals surface area contributed by atoms with Gasteiger partial charge in [0.15, 0.2) is 0 Å². The number of tetrazole rings is 1. The van der Waals surface area contributed by atoms with Crippen LogP contribution in [0.15, 0.2) is 53.7 Å². The Balaban J connectivity index is 1.79. The fourth-order valence-electron chi connectivity index (χ4n) is 3.20. The number of nitrogens with zero attached hydrogens (tertiary/aromatic N) is 4. The van der Waals surface area contributed by atoms with E-state index in [2.05, 4.69) is 26.2 Å². The Labute approximate surface area is 171 Å². The fraction of sp³-hybridized carbons (Fsp3) is 0.158. The molecule has 0 bridgehead atoms. The molecule has 0 radical (unpaired) electrons. The first-order valence-electron chi connectivity index (χ1n) is 8.53. The lowest BCUT2D eigenvalue weighted by atomic mass is 9.95. The molecule has 0 fully saturated rings. The zero-order valence-corrected chi connectivity index (χ0v) is 16.6. The van der Waals surface area contributed by atoms with Gasteiger partial charge in [-0.3, -0.25) is 4.79 Å². The molecule has 28 heavy (non-hydrogen) atoms. The number of aromatic nitrogens is 4. The summed E-state index contributed by atoms with van der Waals surface area (Å²) in [5, 5.41) is 18.7. The first-order valence-corrected chi connectivity index (χ1v) is 9.29. The quantitative estimate of drug-likeness (QED) is 0.669. The molecule has 4 rings (SSSR count). The maximum Gasteiger partial charge on any atom is 0.255 e. The molecule has 0 spiro atoms. The number of benzene rings is 2. The molecule has 1 amide bonds. The molecule has 0 saturated heterocycles. The van der Waals surface area contributed by atoms with Gasteiger partial charge in [-0.2, -0.15) is 4.68 Å². The molecular formula is C19H16Cl2N6O. The molecule has 2 heterocycles. The molecule has 2 N–H and O–H groups in total. The van der Waals surface area contributed by atoms with Crippen LogP contribution in [0.3, 0.4) is 0 Å². The van der Waals surface area contributed by atoms with Gasteiger partial charge in [0.1, 0.15) is 6.04 Å². The number of hydrogen-bond acceptors (Lipinski definition) is 5. The van der Waals surface area contributed by atoms with E-state index in [1.807, 2.05) is 44.2 Å². The number of allylic oxidation sites excluding steroid dienone is 1. The van der Waals surface area contributed by atoms with Crippen LogP contribution in [0.1, 0.15) is 24.1 Å². The highest BCUT2D eigenvalue weighted by molar-refractivity contribution is 6.42. The van der Waals surface area contributed by atoms with E-state index in [4.69, 9.17) is 23.2 Å². The van der Waals surface area contributed by atoms with Crippen LogP contribution >= 0.6 is 23.2 Å². The zero-order valence-electron chi connectivity index (χ0n) is 15.1. The fourth-order valence-corrected chi connectivity index (χ4v) is 3.51. The first kappa shape index (κ1) is 18.5. The van der Waals surface area contributed by atoms with Crippen LogP contribution in [0, 0.1) is 6.92 Å². The van der Waals surface area contributed by atoms with Crippen LogP contribution in [0.4, 0.5) is 11.6 Å². The minimum atomic E-state index is -0.551. The van der Waals surface area contributed by atoms with Crippen LogP contribution in [0.25, 0.3) is 0 Å². The minimum absolute atomic E-state index is 0.253. The third-order valence-corrected chi connectivity index (χ3v) is 5.35. The van der Waals surface area contributed by atoms with Crippen molar-refractivity contribution in [1.29, 1.82) is 0 Å². The number of hydrogen-bond donors (Lipinski definition) is 2. The highest BCUT2D eigenvalue weighted by atomic mass is 35.5. The van der Waals surface area contributed by atoms with E-state index >= 15 is 0 Å². The Hall–Kier alpha value is -2.90. The Bertz CT molecular complexity index is 1110. The van der Waals surface area contributed by atoms with E-state index in [0.29, 0.717) is 27.3 Å². The van der Waals surface area contributed by atoms with Crippen LogP contribution in [-0.2, 0) is 4.79 Å². The number of fused-ring (bicyclic) bond motifs is 1. The zero-order chi connectivity index (χ0) is 19.8. The summed E-state index contributed by atoms with van der Waals surface area (Å²) in [5.74, 6) is 0.192.